The van der Waals surface area contributed by atoms with Gasteiger partial charge in [-0.05, 0) is 75.3 Å². The summed E-state index contributed by atoms with van der Waals surface area (Å²) in [4.78, 5) is 0. The fourth-order valence-corrected chi connectivity index (χ4v) is 3.99. The third kappa shape index (κ3) is 3.33. The van der Waals surface area contributed by atoms with Crippen LogP contribution < -0.4 is 10.6 Å². The molecule has 5 nitrogen and oxygen atoms in total. The Morgan fingerprint density at radius 3 is 2.72 bits per heavy atom. The molecular formula is C20H26N4O. The molecule has 0 amide bonds. The van der Waals surface area contributed by atoms with Crippen LogP contribution in [0.4, 0.5) is 5.82 Å². The van der Waals surface area contributed by atoms with Crippen molar-refractivity contribution in [2.75, 3.05) is 18.4 Å². The number of anilines is 1. The zero-order valence-electron chi connectivity index (χ0n) is 14.8. The number of phenols is 1. The van der Waals surface area contributed by atoms with Gasteiger partial charge in [-0.25, -0.2) is 0 Å². The maximum Gasteiger partial charge on any atom is 0.152 e. The lowest BCUT2D eigenvalue weighted by Crippen LogP contribution is -2.39. The molecule has 3 N–H and O–H groups in total. The standard InChI is InChI=1S/C20H26N4O/c1-13-8-9-17(18(25)11-13)19-15-6-2-3-7-16(15)20(24-23-19)22-14-5-4-10-21-12-14/h8-9,11,14,21,25H,2-7,10,12H2,1H3,(H,22,24)/t14-/m1/s1. The van der Waals surface area contributed by atoms with Crippen LogP contribution in [0.2, 0.25) is 0 Å². The Kier molecular flexibility index (Phi) is 4.57. The Labute approximate surface area is 148 Å². The number of aryl methyl sites for hydroxylation is 1. The predicted octanol–water partition coefficient (Wildman–Crippen LogP) is 3.20. The zero-order valence-corrected chi connectivity index (χ0v) is 14.8. The van der Waals surface area contributed by atoms with Gasteiger partial charge in [-0.15, -0.1) is 10.2 Å². The molecule has 1 fully saturated rings. The Morgan fingerprint density at radius 2 is 1.96 bits per heavy atom. The van der Waals surface area contributed by atoms with E-state index >= 15 is 0 Å². The van der Waals surface area contributed by atoms with Crippen LogP contribution in [0.25, 0.3) is 11.3 Å². The molecule has 0 unspecified atom stereocenters. The molecule has 1 saturated heterocycles. The van der Waals surface area contributed by atoms with Crippen molar-refractivity contribution >= 4 is 5.82 Å². The van der Waals surface area contributed by atoms with Crippen LogP contribution >= 0.6 is 0 Å². The van der Waals surface area contributed by atoms with E-state index < -0.39 is 0 Å². The monoisotopic (exact) mass is 338 g/mol. The molecule has 0 saturated carbocycles. The molecule has 25 heavy (non-hydrogen) atoms. The third-order valence-corrected chi connectivity index (χ3v) is 5.34. The topological polar surface area (TPSA) is 70.1 Å². The molecule has 2 aromatic rings. The maximum absolute atomic E-state index is 10.4. The van der Waals surface area contributed by atoms with Gasteiger partial charge in [0.2, 0.25) is 0 Å². The lowest BCUT2D eigenvalue weighted by atomic mass is 9.88. The minimum absolute atomic E-state index is 0.291. The lowest BCUT2D eigenvalue weighted by molar-refractivity contribution is 0.475. The SMILES string of the molecule is Cc1ccc(-c2nnc(N[C@@H]3CCCNC3)c3c2CCCC3)c(O)c1. The van der Waals surface area contributed by atoms with E-state index in [0.29, 0.717) is 11.8 Å². The predicted molar refractivity (Wildman–Crippen MR) is 100 cm³/mol. The van der Waals surface area contributed by atoms with Crippen molar-refractivity contribution in [3.63, 3.8) is 0 Å². The summed E-state index contributed by atoms with van der Waals surface area (Å²) >= 11 is 0. The third-order valence-electron chi connectivity index (χ3n) is 5.34. The molecule has 0 bridgehead atoms. The van der Waals surface area contributed by atoms with Gasteiger partial charge in [-0.1, -0.05) is 6.07 Å². The van der Waals surface area contributed by atoms with Gasteiger partial charge in [0.1, 0.15) is 11.4 Å². The lowest BCUT2D eigenvalue weighted by Gasteiger charge is -2.27. The fourth-order valence-electron chi connectivity index (χ4n) is 3.99. The zero-order chi connectivity index (χ0) is 17.2. The van der Waals surface area contributed by atoms with E-state index in [9.17, 15) is 5.11 Å². The average Bonchev–Trinajstić information content (AvgIpc) is 2.64. The van der Waals surface area contributed by atoms with Crippen LogP contribution in [0.5, 0.6) is 5.75 Å². The van der Waals surface area contributed by atoms with Crippen molar-refractivity contribution in [3.05, 3.63) is 34.9 Å². The van der Waals surface area contributed by atoms with Gasteiger partial charge < -0.3 is 15.7 Å². The number of phenolic OH excluding ortho intramolecular Hbond substituents is 1. The van der Waals surface area contributed by atoms with Crippen LogP contribution in [0, 0.1) is 6.92 Å². The van der Waals surface area contributed by atoms with Gasteiger partial charge in [0.25, 0.3) is 0 Å². The number of nitrogens with zero attached hydrogens (tertiary/aromatic N) is 2. The molecule has 2 heterocycles. The van der Waals surface area contributed by atoms with Crippen molar-refractivity contribution in [3.8, 4) is 17.0 Å². The average molecular weight is 338 g/mol. The van der Waals surface area contributed by atoms with Crippen molar-refractivity contribution in [1.29, 1.82) is 0 Å². The number of aromatic hydroxyl groups is 1. The van der Waals surface area contributed by atoms with Crippen molar-refractivity contribution in [1.82, 2.24) is 15.5 Å². The Bertz CT molecular complexity index is 769. The van der Waals surface area contributed by atoms with E-state index in [1.54, 1.807) is 6.07 Å². The van der Waals surface area contributed by atoms with Gasteiger partial charge in [-0.2, -0.15) is 0 Å². The summed E-state index contributed by atoms with van der Waals surface area (Å²) in [7, 11) is 0. The maximum atomic E-state index is 10.4. The fraction of sp³-hybridized carbons (Fsp3) is 0.500. The van der Waals surface area contributed by atoms with E-state index in [4.69, 9.17) is 0 Å². The second kappa shape index (κ2) is 7.00. The molecule has 2 aliphatic rings. The van der Waals surface area contributed by atoms with E-state index in [1.807, 2.05) is 19.1 Å². The number of aromatic nitrogens is 2. The van der Waals surface area contributed by atoms with Crippen LogP contribution in [0.1, 0.15) is 42.4 Å². The van der Waals surface area contributed by atoms with Crippen molar-refractivity contribution < 1.29 is 5.11 Å². The number of rotatable bonds is 3. The van der Waals surface area contributed by atoms with Gasteiger partial charge in [0.05, 0.1) is 0 Å². The molecule has 0 spiro atoms. The molecule has 0 radical (unpaired) electrons. The molecule has 132 valence electrons. The smallest absolute Gasteiger partial charge is 0.152 e. The van der Waals surface area contributed by atoms with Crippen LogP contribution in [0.15, 0.2) is 18.2 Å². The number of hydrogen-bond donors (Lipinski definition) is 3. The summed E-state index contributed by atoms with van der Waals surface area (Å²) in [5.41, 5.74) is 5.24. The Hall–Kier alpha value is -2.14. The van der Waals surface area contributed by atoms with Crippen molar-refractivity contribution in [2.24, 2.45) is 0 Å². The molecule has 1 aromatic heterocycles. The highest BCUT2D eigenvalue weighted by Gasteiger charge is 2.23. The molecule has 1 aromatic carbocycles. The summed E-state index contributed by atoms with van der Waals surface area (Å²) in [6.07, 6.45) is 6.77. The molecule has 4 rings (SSSR count). The first kappa shape index (κ1) is 16.3. The summed E-state index contributed by atoms with van der Waals surface area (Å²) in [6, 6.07) is 6.20. The van der Waals surface area contributed by atoms with E-state index in [2.05, 4.69) is 20.8 Å². The summed E-state index contributed by atoms with van der Waals surface area (Å²) < 4.78 is 0. The summed E-state index contributed by atoms with van der Waals surface area (Å²) in [5.74, 6) is 1.23. The summed E-state index contributed by atoms with van der Waals surface area (Å²) in [5, 5.41) is 26.5. The largest absolute Gasteiger partial charge is 0.507 e. The highest BCUT2D eigenvalue weighted by molar-refractivity contribution is 5.73. The first-order valence-corrected chi connectivity index (χ1v) is 9.38. The van der Waals surface area contributed by atoms with Crippen LogP contribution in [-0.4, -0.2) is 34.4 Å². The first-order chi connectivity index (χ1) is 12.2. The van der Waals surface area contributed by atoms with Crippen LogP contribution in [-0.2, 0) is 12.8 Å². The van der Waals surface area contributed by atoms with Gasteiger partial charge in [0, 0.05) is 23.7 Å². The van der Waals surface area contributed by atoms with E-state index in [1.165, 1.54) is 36.8 Å². The van der Waals surface area contributed by atoms with Gasteiger partial charge in [-0.3, -0.25) is 0 Å². The highest BCUT2D eigenvalue weighted by Crippen LogP contribution is 2.37. The van der Waals surface area contributed by atoms with E-state index in [0.717, 1.165) is 48.6 Å². The van der Waals surface area contributed by atoms with Gasteiger partial charge in [0.15, 0.2) is 5.82 Å². The van der Waals surface area contributed by atoms with Crippen molar-refractivity contribution in [2.45, 2.75) is 51.5 Å². The quantitative estimate of drug-likeness (QED) is 0.802. The molecule has 1 aliphatic heterocycles. The molecule has 5 heteroatoms. The van der Waals surface area contributed by atoms with Gasteiger partial charge >= 0.3 is 0 Å². The highest BCUT2D eigenvalue weighted by atomic mass is 16.3. The molecular weight excluding hydrogens is 312 g/mol. The Morgan fingerprint density at radius 1 is 1.12 bits per heavy atom. The Balaban J connectivity index is 1.72. The normalized spacial score (nSPS) is 20.1. The first-order valence-electron chi connectivity index (χ1n) is 9.38. The second-order valence-electron chi connectivity index (χ2n) is 7.27. The number of benzene rings is 1. The minimum Gasteiger partial charge on any atom is -0.507 e. The van der Waals surface area contributed by atoms with E-state index in [-0.39, 0.29) is 0 Å². The van der Waals surface area contributed by atoms with Crippen LogP contribution in [0.3, 0.4) is 0 Å². The number of fused-ring (bicyclic) bond motifs is 1. The number of hydrogen-bond acceptors (Lipinski definition) is 5. The second-order valence-corrected chi connectivity index (χ2v) is 7.27. The molecule has 1 atom stereocenters. The number of nitrogens with one attached hydrogen (secondary N) is 2. The number of piperidine rings is 1. The molecule has 1 aliphatic carbocycles. The minimum atomic E-state index is 0.291. The summed E-state index contributed by atoms with van der Waals surface area (Å²) in [6.45, 7) is 4.07.